The molecule has 3 amide bonds. The van der Waals surface area contributed by atoms with Gasteiger partial charge in [-0.05, 0) is 18.9 Å². The normalized spacial score (nSPS) is 14.8. The Hall–Kier alpha value is -3.75. The molecule has 0 spiro atoms. The zero-order chi connectivity index (χ0) is 20.5. The van der Waals surface area contributed by atoms with Gasteiger partial charge >= 0.3 is 0 Å². The molecule has 0 unspecified atom stereocenters. The van der Waals surface area contributed by atoms with Gasteiger partial charge in [0.25, 0.3) is 11.8 Å². The molecule has 1 fully saturated rings. The molecule has 4 N–H and O–H groups in total. The predicted molar refractivity (Wildman–Crippen MR) is 105 cm³/mol. The van der Waals surface area contributed by atoms with Crippen molar-refractivity contribution in [2.75, 3.05) is 13.1 Å². The third-order valence-corrected chi connectivity index (χ3v) is 5.21. The van der Waals surface area contributed by atoms with Crippen molar-refractivity contribution in [2.45, 2.75) is 12.8 Å². The predicted octanol–water partition coefficient (Wildman–Crippen LogP) is 0.833. The number of primary amides is 2. The minimum absolute atomic E-state index is 0.00395. The number of nitrogens with two attached hydrogens (primary N) is 2. The van der Waals surface area contributed by atoms with Gasteiger partial charge in [-0.15, -0.1) is 0 Å². The summed E-state index contributed by atoms with van der Waals surface area (Å²) in [6.07, 6.45) is 2.43. The highest BCUT2D eigenvalue weighted by molar-refractivity contribution is 5.99. The van der Waals surface area contributed by atoms with E-state index in [9.17, 15) is 14.4 Å². The minimum atomic E-state index is -0.717. The number of hydrogen-bond acceptors (Lipinski definition) is 5. The van der Waals surface area contributed by atoms with Crippen molar-refractivity contribution in [1.82, 2.24) is 19.3 Å². The van der Waals surface area contributed by atoms with Crippen LogP contribution in [0.5, 0.6) is 0 Å². The Bertz CT molecular complexity index is 1100. The van der Waals surface area contributed by atoms with Gasteiger partial charge in [-0.1, -0.05) is 30.3 Å². The maximum absolute atomic E-state index is 13.3. The third kappa shape index (κ3) is 3.42. The summed E-state index contributed by atoms with van der Waals surface area (Å²) >= 11 is 0. The lowest BCUT2D eigenvalue weighted by molar-refractivity contribution is -0.123. The number of piperidine rings is 1. The molecule has 0 radical (unpaired) electrons. The molecule has 4 rings (SSSR count). The Morgan fingerprint density at radius 2 is 1.72 bits per heavy atom. The minimum Gasteiger partial charge on any atom is -0.369 e. The van der Waals surface area contributed by atoms with E-state index in [0.717, 1.165) is 5.56 Å². The van der Waals surface area contributed by atoms with Gasteiger partial charge in [-0.25, -0.2) is 9.97 Å². The van der Waals surface area contributed by atoms with Crippen LogP contribution in [0.1, 0.15) is 33.8 Å². The quantitative estimate of drug-likeness (QED) is 0.678. The van der Waals surface area contributed by atoms with Crippen molar-refractivity contribution >= 4 is 23.4 Å². The van der Waals surface area contributed by atoms with Crippen LogP contribution < -0.4 is 11.5 Å². The molecule has 2 aromatic heterocycles. The van der Waals surface area contributed by atoms with Crippen LogP contribution in [-0.2, 0) is 4.79 Å². The second-order valence-electron chi connectivity index (χ2n) is 7.01. The number of nitrogens with zero attached hydrogens (tertiary/aromatic N) is 4. The van der Waals surface area contributed by atoms with Gasteiger partial charge in [0, 0.05) is 24.6 Å². The van der Waals surface area contributed by atoms with Crippen LogP contribution in [0.3, 0.4) is 0 Å². The van der Waals surface area contributed by atoms with Gasteiger partial charge in [-0.3, -0.25) is 18.8 Å². The van der Waals surface area contributed by atoms with Gasteiger partial charge in [0.15, 0.2) is 11.3 Å². The fraction of sp³-hybridized carbons (Fsp3) is 0.250. The maximum Gasteiger partial charge on any atom is 0.271 e. The van der Waals surface area contributed by atoms with E-state index in [1.807, 2.05) is 30.3 Å². The molecule has 1 aromatic carbocycles. The molecule has 0 saturated carbocycles. The van der Waals surface area contributed by atoms with E-state index in [-0.39, 0.29) is 29.1 Å². The molecule has 1 aliphatic heterocycles. The number of amides is 3. The first-order valence-electron chi connectivity index (χ1n) is 9.27. The summed E-state index contributed by atoms with van der Waals surface area (Å²) in [7, 11) is 0. The van der Waals surface area contributed by atoms with Crippen molar-refractivity contribution in [3.05, 3.63) is 54.1 Å². The summed E-state index contributed by atoms with van der Waals surface area (Å²) in [5, 5.41) is 0. The molecule has 9 heteroatoms. The highest BCUT2D eigenvalue weighted by Crippen LogP contribution is 2.24. The fourth-order valence-corrected chi connectivity index (χ4v) is 3.59. The van der Waals surface area contributed by atoms with Crippen LogP contribution in [0.2, 0.25) is 0 Å². The first kappa shape index (κ1) is 18.6. The van der Waals surface area contributed by atoms with Crippen LogP contribution >= 0.6 is 0 Å². The molecule has 1 saturated heterocycles. The van der Waals surface area contributed by atoms with E-state index in [0.29, 0.717) is 37.3 Å². The Morgan fingerprint density at radius 3 is 2.34 bits per heavy atom. The zero-order valence-electron chi connectivity index (χ0n) is 15.6. The van der Waals surface area contributed by atoms with Crippen molar-refractivity contribution < 1.29 is 14.4 Å². The second kappa shape index (κ2) is 7.34. The highest BCUT2D eigenvalue weighted by atomic mass is 16.2. The number of rotatable bonds is 4. The molecular weight excluding hydrogens is 372 g/mol. The molecule has 29 heavy (non-hydrogen) atoms. The highest BCUT2D eigenvalue weighted by Gasteiger charge is 2.28. The first-order chi connectivity index (χ1) is 14.0. The monoisotopic (exact) mass is 392 g/mol. The lowest BCUT2D eigenvalue weighted by Gasteiger charge is -2.30. The lowest BCUT2D eigenvalue weighted by Crippen LogP contribution is -2.42. The van der Waals surface area contributed by atoms with Crippen molar-refractivity contribution in [2.24, 2.45) is 17.4 Å². The number of fused-ring (bicyclic) bond motifs is 1. The van der Waals surface area contributed by atoms with E-state index >= 15 is 0 Å². The average molecular weight is 392 g/mol. The van der Waals surface area contributed by atoms with Gasteiger partial charge in [-0.2, -0.15) is 0 Å². The van der Waals surface area contributed by atoms with Crippen LogP contribution in [-0.4, -0.2) is 50.1 Å². The molecule has 148 valence electrons. The summed E-state index contributed by atoms with van der Waals surface area (Å²) in [6.45, 7) is 0.850. The molecule has 3 heterocycles. The average Bonchev–Trinajstić information content (AvgIpc) is 3.17. The number of carbonyl (C=O) groups excluding carboxylic acids is 3. The van der Waals surface area contributed by atoms with E-state index < -0.39 is 5.91 Å². The number of hydrogen-bond donors (Lipinski definition) is 2. The smallest absolute Gasteiger partial charge is 0.271 e. The second-order valence-corrected chi connectivity index (χ2v) is 7.01. The largest absolute Gasteiger partial charge is 0.369 e. The van der Waals surface area contributed by atoms with Crippen molar-refractivity contribution in [3.63, 3.8) is 0 Å². The van der Waals surface area contributed by atoms with E-state index in [2.05, 4.69) is 9.97 Å². The van der Waals surface area contributed by atoms with Gasteiger partial charge in [0.05, 0.1) is 5.69 Å². The molecule has 0 atom stereocenters. The Kier molecular flexibility index (Phi) is 4.71. The fourth-order valence-electron chi connectivity index (χ4n) is 3.59. The van der Waals surface area contributed by atoms with E-state index in [1.54, 1.807) is 11.0 Å². The van der Waals surface area contributed by atoms with Crippen LogP contribution in [0, 0.1) is 5.92 Å². The third-order valence-electron chi connectivity index (χ3n) is 5.21. The lowest BCUT2D eigenvalue weighted by atomic mass is 9.96. The molecule has 0 bridgehead atoms. The topological polar surface area (TPSA) is 137 Å². The van der Waals surface area contributed by atoms with Crippen LogP contribution in [0.15, 0.2) is 42.7 Å². The summed E-state index contributed by atoms with van der Waals surface area (Å²) in [5.74, 6) is -1.50. The zero-order valence-corrected chi connectivity index (χ0v) is 15.6. The van der Waals surface area contributed by atoms with Gasteiger partial charge < -0.3 is 16.4 Å². The SMILES string of the molecule is NC(=O)c1ncn2c(C(=O)N3CCC(C(N)=O)CC3)cc(-c3ccccc3)nc12. The molecule has 0 aliphatic carbocycles. The summed E-state index contributed by atoms with van der Waals surface area (Å²) in [6, 6.07) is 11.0. The summed E-state index contributed by atoms with van der Waals surface area (Å²) in [5.41, 5.74) is 12.7. The van der Waals surface area contributed by atoms with E-state index in [1.165, 1.54) is 10.7 Å². The number of imidazole rings is 1. The number of benzene rings is 1. The Morgan fingerprint density at radius 1 is 1.03 bits per heavy atom. The van der Waals surface area contributed by atoms with Crippen LogP contribution in [0.4, 0.5) is 0 Å². The number of aromatic nitrogens is 3. The summed E-state index contributed by atoms with van der Waals surface area (Å²) in [4.78, 5) is 46.7. The van der Waals surface area contributed by atoms with Gasteiger partial charge in [0.1, 0.15) is 12.0 Å². The maximum atomic E-state index is 13.3. The van der Waals surface area contributed by atoms with E-state index in [4.69, 9.17) is 11.5 Å². The van der Waals surface area contributed by atoms with Gasteiger partial charge in [0.2, 0.25) is 5.91 Å². The molecule has 1 aliphatic rings. The van der Waals surface area contributed by atoms with Crippen LogP contribution in [0.25, 0.3) is 16.9 Å². The van der Waals surface area contributed by atoms with Crippen molar-refractivity contribution in [3.8, 4) is 11.3 Å². The summed E-state index contributed by atoms with van der Waals surface area (Å²) < 4.78 is 1.48. The molecule has 9 nitrogen and oxygen atoms in total. The number of carbonyl (C=O) groups is 3. The standard InChI is InChI=1S/C20H20N6O3/c21-17(27)13-6-8-25(9-7-13)20(29)15-10-14(12-4-2-1-3-5-12)24-19-16(18(22)28)23-11-26(15)19/h1-5,10-11,13H,6-9H2,(H2,21,27)(H2,22,28). The Labute approximate surface area is 166 Å². The number of likely N-dealkylation sites (tertiary alicyclic amines) is 1. The molecule has 3 aromatic rings. The first-order valence-corrected chi connectivity index (χ1v) is 9.27. The Balaban J connectivity index is 1.78. The van der Waals surface area contributed by atoms with Crippen molar-refractivity contribution in [1.29, 1.82) is 0 Å². The molecular formula is C20H20N6O3.